The molecule has 0 spiro atoms. The first-order valence-electron chi connectivity index (χ1n) is 8.30. The summed E-state index contributed by atoms with van der Waals surface area (Å²) in [5.41, 5.74) is 0. The molecule has 0 amide bonds. The molecule has 3 unspecified atom stereocenters. The summed E-state index contributed by atoms with van der Waals surface area (Å²) in [4.78, 5) is 14.6. The third-order valence-corrected chi connectivity index (χ3v) is 4.64. The van der Waals surface area contributed by atoms with Crippen molar-refractivity contribution < 1.29 is 9.53 Å². The van der Waals surface area contributed by atoms with E-state index in [-0.39, 0.29) is 12.0 Å². The van der Waals surface area contributed by atoms with Gasteiger partial charge in [-0.3, -0.25) is 9.69 Å². The Morgan fingerprint density at radius 2 is 1.90 bits per heavy atom. The Hall–Kier alpha value is -0.610. The second-order valence-electron chi connectivity index (χ2n) is 6.40. The molecule has 0 aromatic heterocycles. The summed E-state index contributed by atoms with van der Waals surface area (Å²) < 4.78 is 5.21. The molecule has 2 aliphatic rings. The topological polar surface area (TPSA) is 41.6 Å². The van der Waals surface area contributed by atoms with Gasteiger partial charge in [0.05, 0.1) is 6.61 Å². The van der Waals surface area contributed by atoms with Gasteiger partial charge >= 0.3 is 5.97 Å². The molecule has 1 saturated carbocycles. The predicted molar refractivity (Wildman–Crippen MR) is 80.7 cm³/mol. The van der Waals surface area contributed by atoms with Crippen molar-refractivity contribution in [3.63, 3.8) is 0 Å². The van der Waals surface area contributed by atoms with Crippen LogP contribution in [-0.4, -0.2) is 48.2 Å². The number of esters is 1. The molecule has 4 heteroatoms. The highest BCUT2D eigenvalue weighted by atomic mass is 16.5. The lowest BCUT2D eigenvalue weighted by atomic mass is 9.97. The lowest BCUT2D eigenvalue weighted by Crippen LogP contribution is -2.47. The quantitative estimate of drug-likeness (QED) is 0.728. The first kappa shape index (κ1) is 15.8. The van der Waals surface area contributed by atoms with Gasteiger partial charge in [0.2, 0.25) is 0 Å². The summed E-state index contributed by atoms with van der Waals surface area (Å²) in [6, 6.07) is 1.70. The molecule has 3 atom stereocenters. The number of rotatable bonds is 7. The highest BCUT2D eigenvalue weighted by Gasteiger charge is 2.31. The monoisotopic (exact) mass is 282 g/mol. The molecule has 1 saturated heterocycles. The van der Waals surface area contributed by atoms with Crippen molar-refractivity contribution in [2.24, 2.45) is 0 Å². The zero-order chi connectivity index (χ0) is 14.5. The van der Waals surface area contributed by atoms with Gasteiger partial charge in [0.25, 0.3) is 0 Å². The number of ether oxygens (including phenoxy) is 1. The Morgan fingerprint density at radius 3 is 2.45 bits per heavy atom. The fourth-order valence-electron chi connectivity index (χ4n) is 3.24. The Morgan fingerprint density at radius 1 is 1.25 bits per heavy atom. The summed E-state index contributed by atoms with van der Waals surface area (Å²) in [6.45, 7) is 7.96. The highest BCUT2D eigenvalue weighted by Crippen LogP contribution is 2.24. The lowest BCUT2D eigenvalue weighted by Gasteiger charge is -2.39. The van der Waals surface area contributed by atoms with Gasteiger partial charge in [0.1, 0.15) is 6.04 Å². The van der Waals surface area contributed by atoms with Crippen LogP contribution in [0.5, 0.6) is 0 Å². The first-order valence-corrected chi connectivity index (χ1v) is 8.30. The van der Waals surface area contributed by atoms with Crippen molar-refractivity contribution in [1.82, 2.24) is 10.2 Å². The molecule has 0 aromatic carbocycles. The van der Waals surface area contributed by atoms with Crippen molar-refractivity contribution in [3.8, 4) is 0 Å². The van der Waals surface area contributed by atoms with Crippen LogP contribution in [0, 0.1) is 0 Å². The molecule has 116 valence electrons. The summed E-state index contributed by atoms with van der Waals surface area (Å²) in [7, 11) is 0. The second-order valence-corrected chi connectivity index (χ2v) is 6.40. The molecule has 0 aromatic rings. The molecular weight excluding hydrogens is 252 g/mol. The van der Waals surface area contributed by atoms with Crippen LogP contribution in [0.25, 0.3) is 0 Å². The van der Waals surface area contributed by atoms with Crippen LogP contribution in [0.1, 0.15) is 59.3 Å². The van der Waals surface area contributed by atoms with E-state index in [9.17, 15) is 4.79 Å². The van der Waals surface area contributed by atoms with E-state index >= 15 is 0 Å². The van der Waals surface area contributed by atoms with Gasteiger partial charge in [0.15, 0.2) is 0 Å². The van der Waals surface area contributed by atoms with E-state index in [1.807, 2.05) is 6.92 Å². The van der Waals surface area contributed by atoms with Crippen LogP contribution in [0.3, 0.4) is 0 Å². The Kier molecular flexibility index (Phi) is 5.85. The van der Waals surface area contributed by atoms with Gasteiger partial charge in [0, 0.05) is 24.7 Å². The molecule has 1 N–H and O–H groups in total. The summed E-state index contributed by atoms with van der Waals surface area (Å²) in [5.74, 6) is -0.0725. The Labute approximate surface area is 123 Å². The highest BCUT2D eigenvalue weighted by molar-refractivity contribution is 5.75. The zero-order valence-electron chi connectivity index (χ0n) is 13.2. The first-order chi connectivity index (χ1) is 9.61. The number of nitrogens with one attached hydrogen (secondary N) is 1. The third kappa shape index (κ3) is 4.45. The van der Waals surface area contributed by atoms with Gasteiger partial charge in [-0.05, 0) is 52.9 Å². The molecule has 2 fully saturated rings. The number of carbonyl (C=O) groups excluding carboxylic acids is 1. The van der Waals surface area contributed by atoms with E-state index in [4.69, 9.17) is 4.74 Å². The average Bonchev–Trinajstić information content (AvgIpc) is 3.21. The number of carbonyl (C=O) groups is 1. The van der Waals surface area contributed by atoms with Crippen LogP contribution in [0.15, 0.2) is 0 Å². The van der Waals surface area contributed by atoms with Gasteiger partial charge in [-0.25, -0.2) is 0 Å². The lowest BCUT2D eigenvalue weighted by molar-refractivity contribution is -0.146. The van der Waals surface area contributed by atoms with Gasteiger partial charge in [-0.1, -0.05) is 6.42 Å². The van der Waals surface area contributed by atoms with Gasteiger partial charge in [-0.15, -0.1) is 0 Å². The summed E-state index contributed by atoms with van der Waals surface area (Å²) in [5, 5.41) is 3.44. The van der Waals surface area contributed by atoms with Crippen LogP contribution >= 0.6 is 0 Å². The molecular formula is C16H30N2O2. The molecule has 2 rings (SSSR count). The fourth-order valence-corrected chi connectivity index (χ4v) is 3.24. The number of hydrogen-bond acceptors (Lipinski definition) is 4. The van der Waals surface area contributed by atoms with Crippen molar-refractivity contribution in [1.29, 1.82) is 0 Å². The largest absolute Gasteiger partial charge is 0.465 e. The molecule has 1 aliphatic heterocycles. The van der Waals surface area contributed by atoms with E-state index in [1.165, 1.54) is 32.1 Å². The molecule has 20 heavy (non-hydrogen) atoms. The number of piperidine rings is 1. The minimum Gasteiger partial charge on any atom is -0.465 e. The van der Waals surface area contributed by atoms with Crippen LogP contribution in [0.4, 0.5) is 0 Å². The number of hydrogen-bond donors (Lipinski definition) is 1. The fraction of sp³-hybridized carbons (Fsp3) is 0.938. The van der Waals surface area contributed by atoms with Gasteiger partial charge < -0.3 is 10.1 Å². The molecule has 1 heterocycles. The predicted octanol–water partition coefficient (Wildman–Crippen LogP) is 2.32. The van der Waals surface area contributed by atoms with E-state index in [0.717, 1.165) is 13.0 Å². The average molecular weight is 282 g/mol. The molecule has 1 aliphatic carbocycles. The van der Waals surface area contributed by atoms with E-state index in [2.05, 4.69) is 24.1 Å². The minimum atomic E-state index is -0.122. The summed E-state index contributed by atoms with van der Waals surface area (Å²) in [6.07, 6.45) is 7.16. The smallest absolute Gasteiger partial charge is 0.323 e. The van der Waals surface area contributed by atoms with E-state index in [1.54, 1.807) is 0 Å². The molecule has 4 nitrogen and oxygen atoms in total. The maximum absolute atomic E-state index is 12.0. The van der Waals surface area contributed by atoms with Crippen LogP contribution < -0.4 is 5.32 Å². The molecule has 0 radical (unpaired) electrons. The second kappa shape index (κ2) is 7.41. The molecule has 0 bridgehead atoms. The minimum absolute atomic E-state index is 0.0725. The Bertz CT molecular complexity index is 308. The van der Waals surface area contributed by atoms with Crippen LogP contribution in [-0.2, 0) is 9.53 Å². The van der Waals surface area contributed by atoms with E-state index < -0.39 is 0 Å². The van der Waals surface area contributed by atoms with Crippen molar-refractivity contribution in [3.05, 3.63) is 0 Å². The van der Waals surface area contributed by atoms with Crippen molar-refractivity contribution >= 4 is 5.97 Å². The summed E-state index contributed by atoms with van der Waals surface area (Å²) >= 11 is 0. The normalized spacial score (nSPS) is 29.1. The van der Waals surface area contributed by atoms with E-state index in [0.29, 0.717) is 24.7 Å². The van der Waals surface area contributed by atoms with Crippen LogP contribution in [0.2, 0.25) is 0 Å². The SMILES string of the molecule is CCOC(=O)C(CCN1C(C)CCCC1C)NC1CC1. The number of likely N-dealkylation sites (tertiary alicyclic amines) is 1. The maximum Gasteiger partial charge on any atom is 0.323 e. The standard InChI is InChI=1S/C16H30N2O2/c1-4-20-16(19)15(17-14-8-9-14)10-11-18-12(2)6-5-7-13(18)3/h12-15,17H,4-11H2,1-3H3. The van der Waals surface area contributed by atoms with Crippen molar-refractivity contribution in [2.75, 3.05) is 13.2 Å². The number of nitrogens with zero attached hydrogens (tertiary/aromatic N) is 1. The third-order valence-electron chi connectivity index (χ3n) is 4.64. The Balaban J connectivity index is 1.84. The van der Waals surface area contributed by atoms with Gasteiger partial charge in [-0.2, -0.15) is 0 Å². The zero-order valence-corrected chi connectivity index (χ0v) is 13.2. The van der Waals surface area contributed by atoms with Crippen molar-refractivity contribution in [2.45, 2.75) is 83.5 Å². The maximum atomic E-state index is 12.0.